The van der Waals surface area contributed by atoms with Crippen LogP contribution in [0.5, 0.6) is 11.6 Å². The van der Waals surface area contributed by atoms with Crippen molar-refractivity contribution in [3.8, 4) is 11.6 Å². The normalized spacial score (nSPS) is 10.6. The van der Waals surface area contributed by atoms with Gasteiger partial charge in [-0.05, 0) is 19.1 Å². The number of fused-ring (bicyclic) bond motifs is 1. The maximum atomic E-state index is 5.68. The molecular weight excluding hydrogens is 246 g/mol. The highest BCUT2D eigenvalue weighted by atomic mass is 16.5. The predicted octanol–water partition coefficient (Wildman–Crippen LogP) is 1.13. The van der Waals surface area contributed by atoms with Gasteiger partial charge in [0.2, 0.25) is 11.8 Å². The van der Waals surface area contributed by atoms with Crippen molar-refractivity contribution >= 4 is 17.0 Å². The topological polar surface area (TPSA) is 115 Å². The van der Waals surface area contributed by atoms with Gasteiger partial charge in [0.1, 0.15) is 11.1 Å². The molecule has 3 aromatic rings. The number of nitrogens with zero attached hydrogens (tertiary/aromatic N) is 4. The van der Waals surface area contributed by atoms with Crippen LogP contribution < -0.4 is 16.0 Å². The van der Waals surface area contributed by atoms with Crippen molar-refractivity contribution in [2.24, 2.45) is 5.84 Å². The van der Waals surface area contributed by atoms with Crippen LogP contribution in [0.2, 0.25) is 0 Å². The zero-order valence-electron chi connectivity index (χ0n) is 10.1. The maximum absolute atomic E-state index is 5.68. The molecule has 8 nitrogen and oxygen atoms in total. The molecule has 96 valence electrons. The average molecular weight is 257 g/mol. The fraction of sp³-hybridized carbons (Fsp3) is 0.0909. The molecule has 0 aliphatic carbocycles. The van der Waals surface area contributed by atoms with Gasteiger partial charge in [0.25, 0.3) is 0 Å². The van der Waals surface area contributed by atoms with Crippen molar-refractivity contribution < 1.29 is 4.74 Å². The van der Waals surface area contributed by atoms with Crippen LogP contribution >= 0.6 is 0 Å². The van der Waals surface area contributed by atoms with Crippen LogP contribution in [-0.2, 0) is 0 Å². The molecule has 0 fully saturated rings. The van der Waals surface area contributed by atoms with Crippen molar-refractivity contribution in [2.45, 2.75) is 6.92 Å². The summed E-state index contributed by atoms with van der Waals surface area (Å²) in [5.74, 6) is 6.49. The number of anilines is 1. The summed E-state index contributed by atoms with van der Waals surface area (Å²) < 4.78 is 5.68. The summed E-state index contributed by atoms with van der Waals surface area (Å²) in [7, 11) is 0. The lowest BCUT2D eigenvalue weighted by molar-refractivity contribution is 0.466. The molecule has 0 aromatic carbocycles. The van der Waals surface area contributed by atoms with Crippen molar-refractivity contribution in [1.82, 2.24) is 25.1 Å². The third-order valence-electron chi connectivity index (χ3n) is 2.50. The zero-order chi connectivity index (χ0) is 13.2. The third kappa shape index (κ3) is 2.16. The highest BCUT2D eigenvalue weighted by molar-refractivity contribution is 5.80. The molecule has 3 aromatic heterocycles. The maximum Gasteiger partial charge on any atom is 0.242 e. The van der Waals surface area contributed by atoms with E-state index in [0.29, 0.717) is 22.7 Å². The standard InChI is InChI=1S/C11H11N7O/c1-6-2-3-7(4-13-6)19-10-8-5-14-18-9(8)15-11(16-10)17-12/h2-5H,12H2,1H3,(H2,14,15,16,17,18). The Morgan fingerprint density at radius 2 is 2.16 bits per heavy atom. The summed E-state index contributed by atoms with van der Waals surface area (Å²) in [5.41, 5.74) is 3.83. The average Bonchev–Trinajstić information content (AvgIpc) is 2.89. The Morgan fingerprint density at radius 3 is 2.89 bits per heavy atom. The van der Waals surface area contributed by atoms with Gasteiger partial charge in [0.15, 0.2) is 5.65 Å². The number of hydrogen-bond acceptors (Lipinski definition) is 7. The van der Waals surface area contributed by atoms with E-state index in [1.165, 1.54) is 0 Å². The van der Waals surface area contributed by atoms with Gasteiger partial charge in [-0.15, -0.1) is 0 Å². The van der Waals surface area contributed by atoms with E-state index >= 15 is 0 Å². The second-order valence-corrected chi connectivity index (χ2v) is 3.87. The minimum absolute atomic E-state index is 0.242. The van der Waals surface area contributed by atoms with Crippen LogP contribution in [0, 0.1) is 6.92 Å². The minimum Gasteiger partial charge on any atom is -0.436 e. The lowest BCUT2D eigenvalue weighted by Crippen LogP contribution is -2.10. The Labute approximate surface area is 108 Å². The lowest BCUT2D eigenvalue weighted by atomic mass is 10.3. The number of hydrogen-bond donors (Lipinski definition) is 3. The van der Waals surface area contributed by atoms with E-state index in [-0.39, 0.29) is 5.95 Å². The number of aromatic amines is 1. The molecule has 0 aliphatic heterocycles. The van der Waals surface area contributed by atoms with Crippen LogP contribution in [0.3, 0.4) is 0 Å². The van der Waals surface area contributed by atoms with Gasteiger partial charge in [0.05, 0.1) is 12.4 Å². The SMILES string of the molecule is Cc1ccc(Oc2nc(NN)nc3[nH]ncc23)cn1. The van der Waals surface area contributed by atoms with Gasteiger partial charge in [-0.25, -0.2) is 5.84 Å². The number of H-pyrrole nitrogens is 1. The molecule has 0 saturated heterocycles. The monoisotopic (exact) mass is 257 g/mol. The third-order valence-corrected chi connectivity index (χ3v) is 2.50. The summed E-state index contributed by atoms with van der Waals surface area (Å²) >= 11 is 0. The fourth-order valence-corrected chi connectivity index (χ4v) is 1.58. The molecule has 0 bridgehead atoms. The smallest absolute Gasteiger partial charge is 0.242 e. The Hall–Kier alpha value is -2.74. The quantitative estimate of drug-likeness (QED) is 0.476. The largest absolute Gasteiger partial charge is 0.436 e. The number of nitrogens with one attached hydrogen (secondary N) is 2. The predicted molar refractivity (Wildman–Crippen MR) is 68.5 cm³/mol. The van der Waals surface area contributed by atoms with Crippen molar-refractivity contribution in [3.63, 3.8) is 0 Å². The van der Waals surface area contributed by atoms with Crippen LogP contribution in [0.15, 0.2) is 24.5 Å². The highest BCUT2D eigenvalue weighted by Gasteiger charge is 2.11. The Bertz CT molecular complexity index is 707. The molecule has 0 saturated carbocycles. The van der Waals surface area contributed by atoms with Crippen LogP contribution in [0.4, 0.5) is 5.95 Å². The number of hydrazine groups is 1. The summed E-state index contributed by atoms with van der Waals surface area (Å²) in [6, 6.07) is 3.66. The van der Waals surface area contributed by atoms with Gasteiger partial charge >= 0.3 is 0 Å². The first-order chi connectivity index (χ1) is 9.26. The van der Waals surface area contributed by atoms with Crippen molar-refractivity contribution in [1.29, 1.82) is 0 Å². The summed E-state index contributed by atoms with van der Waals surface area (Å²) in [4.78, 5) is 12.4. The number of aryl methyl sites for hydroxylation is 1. The van der Waals surface area contributed by atoms with E-state index in [4.69, 9.17) is 10.6 Å². The van der Waals surface area contributed by atoms with E-state index in [1.54, 1.807) is 12.4 Å². The zero-order valence-corrected chi connectivity index (χ0v) is 10.1. The first kappa shape index (κ1) is 11.4. The number of aromatic nitrogens is 5. The van der Waals surface area contributed by atoms with E-state index in [9.17, 15) is 0 Å². The number of nitrogen functional groups attached to an aromatic ring is 1. The van der Waals surface area contributed by atoms with Crippen LogP contribution in [0.25, 0.3) is 11.0 Å². The van der Waals surface area contributed by atoms with Gasteiger partial charge in [-0.2, -0.15) is 15.1 Å². The van der Waals surface area contributed by atoms with E-state index in [2.05, 4.69) is 30.6 Å². The van der Waals surface area contributed by atoms with Crippen LogP contribution in [-0.4, -0.2) is 25.1 Å². The molecule has 4 N–H and O–H groups in total. The van der Waals surface area contributed by atoms with E-state index in [1.807, 2.05) is 19.1 Å². The van der Waals surface area contributed by atoms with Crippen molar-refractivity contribution in [2.75, 3.05) is 5.43 Å². The molecule has 0 radical (unpaired) electrons. The van der Waals surface area contributed by atoms with Crippen molar-refractivity contribution in [3.05, 3.63) is 30.2 Å². The number of rotatable bonds is 3. The van der Waals surface area contributed by atoms with Crippen LogP contribution in [0.1, 0.15) is 5.69 Å². The molecule has 0 aliphatic rings. The summed E-state index contributed by atoms with van der Waals surface area (Å²) in [6.45, 7) is 1.90. The second-order valence-electron chi connectivity index (χ2n) is 3.87. The second kappa shape index (κ2) is 4.50. The van der Waals surface area contributed by atoms with E-state index in [0.717, 1.165) is 5.69 Å². The summed E-state index contributed by atoms with van der Waals surface area (Å²) in [6.07, 6.45) is 3.21. The summed E-state index contributed by atoms with van der Waals surface area (Å²) in [5, 5.41) is 7.30. The van der Waals surface area contributed by atoms with Gasteiger partial charge in [-0.1, -0.05) is 0 Å². The molecule has 0 atom stereocenters. The molecular formula is C11H11N7O. The molecule has 0 unspecified atom stereocenters. The first-order valence-electron chi connectivity index (χ1n) is 5.54. The Kier molecular flexibility index (Phi) is 2.69. The first-order valence-corrected chi connectivity index (χ1v) is 5.54. The lowest BCUT2D eigenvalue weighted by Gasteiger charge is -2.06. The minimum atomic E-state index is 0.242. The molecule has 19 heavy (non-hydrogen) atoms. The van der Waals surface area contributed by atoms with E-state index < -0.39 is 0 Å². The molecule has 8 heteroatoms. The Morgan fingerprint density at radius 1 is 1.26 bits per heavy atom. The number of nitrogens with two attached hydrogens (primary N) is 1. The Balaban J connectivity index is 2.03. The number of ether oxygens (including phenoxy) is 1. The van der Waals surface area contributed by atoms with Gasteiger partial charge in [0, 0.05) is 5.69 Å². The molecule has 0 amide bonds. The molecule has 3 rings (SSSR count). The highest BCUT2D eigenvalue weighted by Crippen LogP contribution is 2.26. The van der Waals surface area contributed by atoms with Gasteiger partial charge in [-0.3, -0.25) is 15.5 Å². The number of pyridine rings is 1. The molecule has 0 spiro atoms. The van der Waals surface area contributed by atoms with Gasteiger partial charge < -0.3 is 4.74 Å². The molecule has 3 heterocycles. The fourth-order valence-electron chi connectivity index (χ4n) is 1.58.